The molecule has 6 rings (SSSR count). The number of fused-ring (bicyclic) bond motifs is 3. The molecular formula is C25H25F2N9O2. The van der Waals surface area contributed by atoms with Gasteiger partial charge in [-0.25, -0.2) is 13.5 Å². The van der Waals surface area contributed by atoms with E-state index in [-0.39, 0.29) is 17.2 Å². The summed E-state index contributed by atoms with van der Waals surface area (Å²) in [5.41, 5.74) is 8.36. The summed E-state index contributed by atoms with van der Waals surface area (Å²) in [6.45, 7) is 3.68. The van der Waals surface area contributed by atoms with E-state index in [1.807, 2.05) is 21.7 Å². The van der Waals surface area contributed by atoms with Gasteiger partial charge >= 0.3 is 0 Å². The quantitative estimate of drug-likeness (QED) is 0.349. The maximum Gasteiger partial charge on any atom is 0.254 e. The molecule has 0 aliphatic carbocycles. The van der Waals surface area contributed by atoms with Crippen molar-refractivity contribution in [2.45, 2.75) is 6.54 Å². The number of halogens is 2. The van der Waals surface area contributed by atoms with Crippen LogP contribution in [0.3, 0.4) is 0 Å². The van der Waals surface area contributed by atoms with Crippen LogP contribution in [0.1, 0.15) is 10.4 Å². The van der Waals surface area contributed by atoms with Crippen LogP contribution < -0.4 is 16.0 Å². The van der Waals surface area contributed by atoms with Crippen LogP contribution in [0.2, 0.25) is 0 Å². The molecule has 3 N–H and O–H groups in total. The number of nitrogens with one attached hydrogen (secondary N) is 1. The Balaban J connectivity index is 1.15. The molecule has 1 saturated heterocycles. The standard InChI is InChI=1S/C25H25F2N9O2/c1-29-24(37)15-11-21(18(27)12-17(15)26)34-7-4-33(5-8-34)6-9-35-23-16(14-30-35)20-13-19(22-3-2-10-38-22)32-36(20)25(28)31-23/h2-3,10-14H,4-9H2,1H3,(H2,28,31)(H,29,37). The van der Waals surface area contributed by atoms with E-state index in [0.717, 1.165) is 17.0 Å². The van der Waals surface area contributed by atoms with Gasteiger partial charge < -0.3 is 20.4 Å². The average molecular weight is 522 g/mol. The predicted octanol–water partition coefficient (Wildman–Crippen LogP) is 2.38. The van der Waals surface area contributed by atoms with Crippen molar-refractivity contribution in [3.8, 4) is 11.5 Å². The van der Waals surface area contributed by atoms with Gasteiger partial charge in [0.25, 0.3) is 5.91 Å². The van der Waals surface area contributed by atoms with Crippen LogP contribution in [0.25, 0.3) is 28.0 Å². The molecule has 196 valence electrons. The van der Waals surface area contributed by atoms with Crippen LogP contribution in [0.15, 0.2) is 47.2 Å². The lowest BCUT2D eigenvalue weighted by Gasteiger charge is -2.36. The van der Waals surface area contributed by atoms with Gasteiger partial charge in [0.1, 0.15) is 17.3 Å². The van der Waals surface area contributed by atoms with Crippen LogP contribution in [0, 0.1) is 11.6 Å². The Labute approximate surface area is 215 Å². The minimum Gasteiger partial charge on any atom is -0.463 e. The first kappa shape index (κ1) is 23.9. The summed E-state index contributed by atoms with van der Waals surface area (Å²) in [7, 11) is 1.41. The Kier molecular flexibility index (Phi) is 5.91. The lowest BCUT2D eigenvalue weighted by Crippen LogP contribution is -2.47. The van der Waals surface area contributed by atoms with Gasteiger partial charge in [0.2, 0.25) is 5.95 Å². The molecule has 4 aromatic heterocycles. The molecular weight excluding hydrogens is 496 g/mol. The minimum absolute atomic E-state index is 0.174. The topological polar surface area (TPSA) is 123 Å². The van der Waals surface area contributed by atoms with Crippen molar-refractivity contribution in [1.29, 1.82) is 0 Å². The van der Waals surface area contributed by atoms with Crippen molar-refractivity contribution in [3.63, 3.8) is 0 Å². The van der Waals surface area contributed by atoms with Gasteiger partial charge in [-0.3, -0.25) is 9.69 Å². The number of nitrogen functional groups attached to an aromatic ring is 1. The SMILES string of the molecule is CNC(=O)c1cc(N2CCN(CCn3ncc4c3nc(N)n3nc(-c5ccco5)cc43)CC2)c(F)cc1F. The Morgan fingerprint density at radius 3 is 2.68 bits per heavy atom. The van der Waals surface area contributed by atoms with Crippen LogP contribution in [-0.4, -0.2) is 75.0 Å². The summed E-state index contributed by atoms with van der Waals surface area (Å²) in [6, 6.07) is 7.57. The number of anilines is 2. The first-order valence-corrected chi connectivity index (χ1v) is 12.2. The number of carbonyl (C=O) groups is 1. The van der Waals surface area contributed by atoms with E-state index in [2.05, 4.69) is 25.4 Å². The molecule has 11 nitrogen and oxygen atoms in total. The smallest absolute Gasteiger partial charge is 0.254 e. The highest BCUT2D eigenvalue weighted by Gasteiger charge is 2.23. The van der Waals surface area contributed by atoms with E-state index in [1.54, 1.807) is 23.0 Å². The number of benzene rings is 1. The zero-order valence-electron chi connectivity index (χ0n) is 20.6. The van der Waals surface area contributed by atoms with Gasteiger partial charge in [0, 0.05) is 45.8 Å². The second kappa shape index (κ2) is 9.41. The Morgan fingerprint density at radius 2 is 1.95 bits per heavy atom. The highest BCUT2D eigenvalue weighted by molar-refractivity contribution is 5.95. The van der Waals surface area contributed by atoms with E-state index >= 15 is 0 Å². The maximum atomic E-state index is 14.5. The summed E-state index contributed by atoms with van der Waals surface area (Å²) in [5.74, 6) is -1.27. The van der Waals surface area contributed by atoms with Crippen molar-refractivity contribution in [2.24, 2.45) is 0 Å². The van der Waals surface area contributed by atoms with Crippen molar-refractivity contribution < 1.29 is 18.0 Å². The number of hydrogen-bond donors (Lipinski definition) is 2. The monoisotopic (exact) mass is 521 g/mol. The van der Waals surface area contributed by atoms with Gasteiger partial charge in [-0.2, -0.15) is 19.7 Å². The zero-order valence-corrected chi connectivity index (χ0v) is 20.6. The van der Waals surface area contributed by atoms with Crippen LogP contribution in [0.5, 0.6) is 0 Å². The zero-order chi connectivity index (χ0) is 26.4. The highest BCUT2D eigenvalue weighted by Crippen LogP contribution is 2.27. The number of nitrogens with zero attached hydrogens (tertiary/aromatic N) is 7. The first-order chi connectivity index (χ1) is 18.4. The number of nitrogens with two attached hydrogens (primary N) is 1. The molecule has 0 saturated carbocycles. The van der Waals surface area contributed by atoms with E-state index in [4.69, 9.17) is 10.2 Å². The molecule has 0 spiro atoms. The maximum absolute atomic E-state index is 14.5. The van der Waals surface area contributed by atoms with Gasteiger partial charge in [-0.1, -0.05) is 0 Å². The van der Waals surface area contributed by atoms with Crippen molar-refractivity contribution in [3.05, 3.63) is 60.0 Å². The molecule has 0 bridgehead atoms. The molecule has 1 aliphatic heterocycles. The number of amides is 1. The lowest BCUT2D eigenvalue weighted by molar-refractivity contribution is 0.0959. The average Bonchev–Trinajstić information content (AvgIpc) is 3.67. The number of carbonyl (C=O) groups excluding carboxylic acids is 1. The van der Waals surface area contributed by atoms with E-state index in [0.29, 0.717) is 56.4 Å². The second-order valence-electron chi connectivity index (χ2n) is 9.07. The summed E-state index contributed by atoms with van der Waals surface area (Å²) < 4.78 is 37.4. The number of piperazine rings is 1. The van der Waals surface area contributed by atoms with Crippen LogP contribution >= 0.6 is 0 Å². The Morgan fingerprint density at radius 1 is 1.13 bits per heavy atom. The minimum atomic E-state index is -0.879. The molecule has 0 unspecified atom stereocenters. The Hall–Kier alpha value is -4.52. The molecule has 1 aromatic carbocycles. The fourth-order valence-electron chi connectivity index (χ4n) is 4.83. The summed E-state index contributed by atoms with van der Waals surface area (Å²) >= 11 is 0. The fourth-order valence-corrected chi connectivity index (χ4v) is 4.83. The largest absolute Gasteiger partial charge is 0.463 e. The number of furan rings is 1. The molecule has 1 fully saturated rings. The number of hydrogen-bond acceptors (Lipinski definition) is 8. The molecule has 0 radical (unpaired) electrons. The molecule has 1 amide bonds. The van der Waals surface area contributed by atoms with Crippen molar-refractivity contribution >= 4 is 34.1 Å². The Bertz CT molecular complexity index is 1640. The third-order valence-electron chi connectivity index (χ3n) is 6.86. The van der Waals surface area contributed by atoms with Gasteiger partial charge in [-0.05, 0) is 24.3 Å². The number of rotatable bonds is 6. The van der Waals surface area contributed by atoms with Crippen LogP contribution in [-0.2, 0) is 6.54 Å². The summed E-state index contributed by atoms with van der Waals surface area (Å²) in [6.07, 6.45) is 3.34. The predicted molar refractivity (Wildman–Crippen MR) is 137 cm³/mol. The molecule has 5 heterocycles. The third-order valence-corrected chi connectivity index (χ3v) is 6.86. The first-order valence-electron chi connectivity index (χ1n) is 12.2. The second-order valence-corrected chi connectivity index (χ2v) is 9.07. The molecule has 38 heavy (non-hydrogen) atoms. The van der Waals surface area contributed by atoms with E-state index in [1.165, 1.54) is 13.1 Å². The third kappa shape index (κ3) is 4.10. The van der Waals surface area contributed by atoms with Gasteiger partial charge in [0.15, 0.2) is 11.4 Å². The molecule has 5 aromatic rings. The summed E-state index contributed by atoms with van der Waals surface area (Å²) in [5, 5.41) is 12.3. The van der Waals surface area contributed by atoms with Crippen LogP contribution in [0.4, 0.5) is 20.4 Å². The normalized spacial score (nSPS) is 14.6. The molecule has 0 atom stereocenters. The van der Waals surface area contributed by atoms with Gasteiger partial charge in [-0.15, -0.1) is 0 Å². The van der Waals surface area contributed by atoms with Crippen molar-refractivity contribution in [2.75, 3.05) is 50.4 Å². The van der Waals surface area contributed by atoms with E-state index < -0.39 is 17.5 Å². The lowest BCUT2D eigenvalue weighted by atomic mass is 10.1. The number of aromatic nitrogens is 5. The summed E-state index contributed by atoms with van der Waals surface area (Å²) in [4.78, 5) is 20.5. The van der Waals surface area contributed by atoms with Gasteiger partial charge in [0.05, 0.1) is 41.2 Å². The fraction of sp³-hybridized carbons (Fsp3) is 0.280. The van der Waals surface area contributed by atoms with E-state index in [9.17, 15) is 13.6 Å². The molecule has 1 aliphatic rings. The highest BCUT2D eigenvalue weighted by atomic mass is 19.1. The molecule has 13 heteroatoms. The van der Waals surface area contributed by atoms with Crippen molar-refractivity contribution in [1.82, 2.24) is 34.6 Å².